The van der Waals surface area contributed by atoms with Crippen LogP contribution in [0.4, 0.5) is 0 Å². The number of rotatable bonds is 3. The number of aliphatic hydroxyl groups excluding tert-OH is 1. The summed E-state index contributed by atoms with van der Waals surface area (Å²) >= 11 is 3.37. The van der Waals surface area contributed by atoms with Crippen molar-refractivity contribution in [2.45, 2.75) is 25.9 Å². The Bertz CT molecular complexity index is 482. The molecule has 1 N–H and O–H groups in total. The van der Waals surface area contributed by atoms with Crippen molar-refractivity contribution in [3.8, 4) is 5.75 Å². The minimum Gasteiger partial charge on any atom is -0.496 e. The Labute approximate surface area is 127 Å². The third kappa shape index (κ3) is 3.33. The molecule has 0 radical (unpaired) electrons. The molecule has 0 aliphatic carbocycles. The van der Waals surface area contributed by atoms with Crippen LogP contribution in [-0.2, 0) is 0 Å². The van der Waals surface area contributed by atoms with Gasteiger partial charge >= 0.3 is 0 Å². The van der Waals surface area contributed by atoms with E-state index in [0.29, 0.717) is 30.3 Å². The number of ether oxygens (including phenoxy) is 1. The summed E-state index contributed by atoms with van der Waals surface area (Å²) < 4.78 is 6.17. The van der Waals surface area contributed by atoms with Gasteiger partial charge in [0.2, 0.25) is 0 Å². The summed E-state index contributed by atoms with van der Waals surface area (Å²) in [6.07, 6.45) is 1.40. The highest BCUT2D eigenvalue weighted by Crippen LogP contribution is 2.27. The molecule has 110 valence electrons. The van der Waals surface area contributed by atoms with Crippen LogP contribution in [-0.4, -0.2) is 42.2 Å². The molecule has 5 heteroatoms. The Morgan fingerprint density at radius 2 is 2.10 bits per heavy atom. The Kier molecular flexibility index (Phi) is 5.05. The zero-order valence-corrected chi connectivity index (χ0v) is 13.4. The number of halogens is 1. The Morgan fingerprint density at radius 1 is 1.45 bits per heavy atom. The zero-order chi connectivity index (χ0) is 14.7. The number of methoxy groups -OCH3 is 1. The molecule has 1 fully saturated rings. The highest BCUT2D eigenvalue weighted by atomic mass is 79.9. The number of hydrogen-bond donors (Lipinski definition) is 1. The summed E-state index contributed by atoms with van der Waals surface area (Å²) in [5.74, 6) is 0.881. The van der Waals surface area contributed by atoms with Gasteiger partial charge in [0.05, 0.1) is 18.8 Å². The van der Waals surface area contributed by atoms with Crippen molar-refractivity contribution >= 4 is 21.8 Å². The minimum absolute atomic E-state index is 0.00149. The van der Waals surface area contributed by atoms with Gasteiger partial charge in [0.25, 0.3) is 5.91 Å². The van der Waals surface area contributed by atoms with Gasteiger partial charge in [-0.2, -0.15) is 0 Å². The molecule has 4 nitrogen and oxygen atoms in total. The van der Waals surface area contributed by atoms with Crippen LogP contribution >= 0.6 is 15.9 Å². The Hall–Kier alpha value is -1.07. The predicted molar refractivity (Wildman–Crippen MR) is 81.0 cm³/mol. The Balaban J connectivity index is 2.09. The van der Waals surface area contributed by atoms with Crippen molar-refractivity contribution in [1.29, 1.82) is 0 Å². The summed E-state index contributed by atoms with van der Waals surface area (Å²) in [7, 11) is 1.57. The van der Waals surface area contributed by atoms with Gasteiger partial charge in [-0.25, -0.2) is 0 Å². The minimum atomic E-state index is -0.297. The van der Waals surface area contributed by atoms with Gasteiger partial charge < -0.3 is 14.7 Å². The van der Waals surface area contributed by atoms with E-state index in [1.54, 1.807) is 19.2 Å². The number of aliphatic hydroxyl groups is 1. The topological polar surface area (TPSA) is 49.8 Å². The number of hydrogen-bond acceptors (Lipinski definition) is 3. The average Bonchev–Trinajstić information content (AvgIpc) is 2.46. The van der Waals surface area contributed by atoms with Crippen molar-refractivity contribution in [1.82, 2.24) is 4.90 Å². The first-order valence-electron chi connectivity index (χ1n) is 6.83. The van der Waals surface area contributed by atoms with Crippen molar-refractivity contribution < 1.29 is 14.6 Å². The molecule has 20 heavy (non-hydrogen) atoms. The fraction of sp³-hybridized carbons (Fsp3) is 0.533. The summed E-state index contributed by atoms with van der Waals surface area (Å²) in [6, 6.07) is 5.43. The first kappa shape index (κ1) is 15.3. The van der Waals surface area contributed by atoms with E-state index in [0.717, 1.165) is 17.3 Å². The lowest BCUT2D eigenvalue weighted by Gasteiger charge is -2.33. The van der Waals surface area contributed by atoms with Crippen LogP contribution in [0, 0.1) is 5.92 Å². The van der Waals surface area contributed by atoms with E-state index in [1.807, 2.05) is 17.9 Å². The van der Waals surface area contributed by atoms with Crippen molar-refractivity contribution in [2.24, 2.45) is 5.92 Å². The normalized spacial score (nSPS) is 17.9. The van der Waals surface area contributed by atoms with Crippen LogP contribution in [0.15, 0.2) is 22.7 Å². The van der Waals surface area contributed by atoms with Crippen LogP contribution in [0.25, 0.3) is 0 Å². The number of piperidine rings is 1. The molecule has 1 aromatic carbocycles. The molecule has 1 heterocycles. The maximum Gasteiger partial charge on any atom is 0.257 e. The molecule has 1 atom stereocenters. The van der Waals surface area contributed by atoms with Gasteiger partial charge in [-0.1, -0.05) is 15.9 Å². The van der Waals surface area contributed by atoms with E-state index in [2.05, 4.69) is 15.9 Å². The lowest BCUT2D eigenvalue weighted by molar-refractivity contribution is 0.0519. The standard InChI is InChI=1S/C15H20BrNO3/c1-10(18)11-5-7-17(8-6-11)15(19)13-4-3-12(16)9-14(13)20-2/h3-4,9-11,18H,5-8H2,1-2H3. The number of benzene rings is 1. The predicted octanol–water partition coefficient (Wildman–Crippen LogP) is 2.69. The fourth-order valence-electron chi connectivity index (χ4n) is 2.60. The summed E-state index contributed by atoms with van der Waals surface area (Å²) in [4.78, 5) is 14.4. The lowest BCUT2D eigenvalue weighted by Crippen LogP contribution is -2.40. The molecule has 0 spiro atoms. The van der Waals surface area contributed by atoms with Gasteiger partial charge in [0.15, 0.2) is 0 Å². The molecule has 1 aromatic rings. The number of amides is 1. The summed E-state index contributed by atoms with van der Waals surface area (Å²) in [5, 5.41) is 9.60. The van der Waals surface area contributed by atoms with E-state index >= 15 is 0 Å². The van der Waals surface area contributed by atoms with E-state index in [1.165, 1.54) is 0 Å². The number of carbonyl (C=O) groups is 1. The van der Waals surface area contributed by atoms with Gasteiger partial charge in [-0.3, -0.25) is 4.79 Å². The zero-order valence-electron chi connectivity index (χ0n) is 11.8. The summed E-state index contributed by atoms with van der Waals surface area (Å²) in [5.41, 5.74) is 0.589. The monoisotopic (exact) mass is 341 g/mol. The highest BCUT2D eigenvalue weighted by Gasteiger charge is 2.27. The van der Waals surface area contributed by atoms with Crippen LogP contribution in [0.2, 0.25) is 0 Å². The van der Waals surface area contributed by atoms with Crippen LogP contribution in [0.3, 0.4) is 0 Å². The van der Waals surface area contributed by atoms with Gasteiger partial charge in [0.1, 0.15) is 5.75 Å². The molecule has 2 rings (SSSR count). The maximum absolute atomic E-state index is 12.5. The SMILES string of the molecule is COc1cc(Br)ccc1C(=O)N1CCC(C(C)O)CC1. The fourth-order valence-corrected chi connectivity index (χ4v) is 2.94. The molecule has 1 aliphatic heterocycles. The van der Waals surface area contributed by atoms with E-state index in [4.69, 9.17) is 4.74 Å². The maximum atomic E-state index is 12.5. The second-order valence-electron chi connectivity index (χ2n) is 5.21. The molecule has 1 unspecified atom stereocenters. The lowest BCUT2D eigenvalue weighted by atomic mass is 9.92. The van der Waals surface area contributed by atoms with Crippen molar-refractivity contribution in [2.75, 3.05) is 20.2 Å². The molecule has 1 aliphatic rings. The molecule has 1 saturated heterocycles. The average molecular weight is 342 g/mol. The van der Waals surface area contributed by atoms with Crippen molar-refractivity contribution in [3.63, 3.8) is 0 Å². The first-order valence-corrected chi connectivity index (χ1v) is 7.63. The van der Waals surface area contributed by atoms with Crippen LogP contribution < -0.4 is 4.74 Å². The Morgan fingerprint density at radius 3 is 2.65 bits per heavy atom. The largest absolute Gasteiger partial charge is 0.496 e. The molecular weight excluding hydrogens is 322 g/mol. The smallest absolute Gasteiger partial charge is 0.257 e. The van der Waals surface area contributed by atoms with E-state index in [9.17, 15) is 9.90 Å². The molecule has 0 saturated carbocycles. The van der Waals surface area contributed by atoms with Crippen LogP contribution in [0.5, 0.6) is 5.75 Å². The first-order chi connectivity index (χ1) is 9.52. The molecule has 0 aromatic heterocycles. The van der Waals surface area contributed by atoms with Crippen molar-refractivity contribution in [3.05, 3.63) is 28.2 Å². The number of likely N-dealkylation sites (tertiary alicyclic amines) is 1. The van der Waals surface area contributed by atoms with Crippen LogP contribution in [0.1, 0.15) is 30.1 Å². The van der Waals surface area contributed by atoms with Gasteiger partial charge in [-0.05, 0) is 43.9 Å². The van der Waals surface area contributed by atoms with Gasteiger partial charge in [0, 0.05) is 17.6 Å². The van der Waals surface area contributed by atoms with Gasteiger partial charge in [-0.15, -0.1) is 0 Å². The highest BCUT2D eigenvalue weighted by molar-refractivity contribution is 9.10. The quantitative estimate of drug-likeness (QED) is 0.919. The van der Waals surface area contributed by atoms with E-state index in [-0.39, 0.29) is 12.0 Å². The molecular formula is C15H20BrNO3. The number of nitrogens with zero attached hydrogens (tertiary/aromatic N) is 1. The second-order valence-corrected chi connectivity index (χ2v) is 6.13. The second kappa shape index (κ2) is 6.59. The van der Waals surface area contributed by atoms with E-state index < -0.39 is 0 Å². The third-order valence-electron chi connectivity index (χ3n) is 3.90. The molecule has 1 amide bonds. The number of carbonyl (C=O) groups excluding carboxylic acids is 1. The third-order valence-corrected chi connectivity index (χ3v) is 4.40. The molecule has 0 bridgehead atoms. The summed E-state index contributed by atoms with van der Waals surface area (Å²) in [6.45, 7) is 3.20.